The second-order valence-electron chi connectivity index (χ2n) is 19.9. The molecule has 0 aromatic heterocycles. The summed E-state index contributed by atoms with van der Waals surface area (Å²) in [7, 11) is 0. The number of carboxylic acids is 1. The number of aliphatic hydroxyl groups is 2. The molecule has 12 nitrogen and oxygen atoms in total. The van der Waals surface area contributed by atoms with Gasteiger partial charge in [0.2, 0.25) is 0 Å². The third-order valence-electron chi connectivity index (χ3n) is 13.1. The van der Waals surface area contributed by atoms with Gasteiger partial charge in [-0.05, 0) is 57.8 Å². The van der Waals surface area contributed by atoms with E-state index >= 15 is 0 Å². The second-order valence-corrected chi connectivity index (χ2v) is 19.9. The monoisotopic (exact) mass is 1030 g/mol. The van der Waals surface area contributed by atoms with E-state index in [0.29, 0.717) is 25.7 Å². The minimum Gasteiger partial charge on any atom is -0.479 e. The Kier molecular flexibility index (Phi) is 45.5. The van der Waals surface area contributed by atoms with Crippen molar-refractivity contribution in [3.05, 3.63) is 60.8 Å². The van der Waals surface area contributed by atoms with Crippen molar-refractivity contribution in [2.24, 2.45) is 0 Å². The van der Waals surface area contributed by atoms with E-state index in [4.69, 9.17) is 23.7 Å². The molecule has 1 aliphatic rings. The number of hydrogen-bond donors (Lipinski definition) is 3. The molecule has 0 aromatic carbocycles. The van der Waals surface area contributed by atoms with Crippen LogP contribution in [0.25, 0.3) is 0 Å². The minimum absolute atomic E-state index is 0.0575. The molecule has 0 amide bonds. The molecule has 0 aromatic rings. The van der Waals surface area contributed by atoms with Gasteiger partial charge in [0.1, 0.15) is 18.8 Å². The van der Waals surface area contributed by atoms with Crippen LogP contribution in [-0.2, 0) is 42.9 Å². The zero-order valence-corrected chi connectivity index (χ0v) is 46.1. The van der Waals surface area contributed by atoms with Crippen molar-refractivity contribution >= 4 is 23.9 Å². The van der Waals surface area contributed by atoms with E-state index in [1.165, 1.54) is 109 Å². The first-order valence-corrected chi connectivity index (χ1v) is 29.3. The molecule has 73 heavy (non-hydrogen) atoms. The van der Waals surface area contributed by atoms with Crippen LogP contribution in [0, 0.1) is 0 Å². The van der Waals surface area contributed by atoms with Crippen LogP contribution >= 0.6 is 0 Å². The molecule has 420 valence electrons. The summed E-state index contributed by atoms with van der Waals surface area (Å²) in [4.78, 5) is 51.0. The van der Waals surface area contributed by atoms with Gasteiger partial charge >= 0.3 is 23.9 Å². The van der Waals surface area contributed by atoms with Gasteiger partial charge in [-0.2, -0.15) is 0 Å². The van der Waals surface area contributed by atoms with Gasteiger partial charge in [-0.25, -0.2) is 4.79 Å². The van der Waals surface area contributed by atoms with Gasteiger partial charge in [-0.15, -0.1) is 0 Å². The molecular formula is C61H104O12. The van der Waals surface area contributed by atoms with E-state index in [1.54, 1.807) is 0 Å². The van der Waals surface area contributed by atoms with Crippen LogP contribution in [0.1, 0.15) is 252 Å². The van der Waals surface area contributed by atoms with E-state index in [9.17, 15) is 34.5 Å². The molecule has 0 bridgehead atoms. The fraction of sp³-hybridized carbons (Fsp3) is 0.770. The molecule has 1 aliphatic heterocycles. The lowest BCUT2D eigenvalue weighted by Crippen LogP contribution is -2.61. The predicted octanol–water partition coefficient (Wildman–Crippen LogP) is 14.8. The number of unbranched alkanes of at least 4 members (excludes halogenated alkanes) is 25. The molecule has 0 spiro atoms. The highest BCUT2D eigenvalue weighted by atomic mass is 16.7. The Balaban J connectivity index is 2.73. The first kappa shape index (κ1) is 67.4. The molecule has 3 N–H and O–H groups in total. The van der Waals surface area contributed by atoms with Crippen molar-refractivity contribution in [1.82, 2.24) is 0 Å². The number of carbonyl (C=O) groups is 4. The van der Waals surface area contributed by atoms with Gasteiger partial charge in [-0.1, -0.05) is 236 Å². The standard InChI is InChI=1S/C61H104O12/c1-4-7-10-13-16-19-22-24-26-27-29-30-33-35-38-41-44-47-53(62)69-50-52(71-54(63)48-45-42-39-37-34-31-28-25-23-20-17-14-11-8-5-2)51-70-61-59(57(66)56(65)58(73-61)60(67)68)72-55(64)49-46-43-40-36-32-21-18-15-12-9-6-3/h7,10,16,19,24,26,29-30,35,38,52,56-59,61,65-66H,4-6,8-9,11-15,17-18,20-23,25,27-28,31-34,36-37,39-51H2,1-3H3,(H,67,68)/b10-7-,19-16-,26-24-,30-29-,38-35-. The molecule has 1 saturated heterocycles. The lowest BCUT2D eigenvalue weighted by Gasteiger charge is -2.40. The number of rotatable bonds is 49. The zero-order chi connectivity index (χ0) is 53.3. The molecule has 0 aliphatic carbocycles. The van der Waals surface area contributed by atoms with Crippen LogP contribution in [-0.4, -0.2) is 89.2 Å². The molecule has 1 heterocycles. The normalized spacial score (nSPS) is 18.7. The maximum Gasteiger partial charge on any atom is 0.335 e. The quantitative estimate of drug-likeness (QED) is 0.0228. The molecular weight excluding hydrogens is 925 g/mol. The first-order valence-electron chi connectivity index (χ1n) is 29.3. The van der Waals surface area contributed by atoms with Crippen LogP contribution in [0.3, 0.4) is 0 Å². The summed E-state index contributed by atoms with van der Waals surface area (Å²) in [6, 6.07) is 0. The molecule has 12 heteroatoms. The molecule has 0 saturated carbocycles. The summed E-state index contributed by atoms with van der Waals surface area (Å²) in [6.45, 7) is 5.83. The highest BCUT2D eigenvalue weighted by Gasteiger charge is 2.50. The van der Waals surface area contributed by atoms with Crippen molar-refractivity contribution in [2.75, 3.05) is 13.2 Å². The van der Waals surface area contributed by atoms with Gasteiger partial charge in [0.25, 0.3) is 0 Å². The Morgan fingerprint density at radius 1 is 0.466 bits per heavy atom. The maximum absolute atomic E-state index is 13.1. The third kappa shape index (κ3) is 39.5. The van der Waals surface area contributed by atoms with Crippen molar-refractivity contribution in [1.29, 1.82) is 0 Å². The average Bonchev–Trinajstić information content (AvgIpc) is 3.37. The van der Waals surface area contributed by atoms with E-state index < -0.39 is 67.3 Å². The third-order valence-corrected chi connectivity index (χ3v) is 13.1. The number of ether oxygens (including phenoxy) is 5. The van der Waals surface area contributed by atoms with E-state index in [1.807, 2.05) is 6.08 Å². The number of hydrogen-bond acceptors (Lipinski definition) is 11. The zero-order valence-electron chi connectivity index (χ0n) is 46.1. The molecule has 1 rings (SSSR count). The lowest BCUT2D eigenvalue weighted by atomic mass is 9.98. The first-order chi connectivity index (χ1) is 35.6. The number of allylic oxidation sites excluding steroid dienone is 10. The van der Waals surface area contributed by atoms with Crippen LogP contribution in [0.2, 0.25) is 0 Å². The van der Waals surface area contributed by atoms with E-state index in [0.717, 1.165) is 77.0 Å². The van der Waals surface area contributed by atoms with Crippen LogP contribution in [0.5, 0.6) is 0 Å². The molecule has 6 unspecified atom stereocenters. The van der Waals surface area contributed by atoms with Gasteiger partial charge < -0.3 is 39.0 Å². The summed E-state index contributed by atoms with van der Waals surface area (Å²) in [5, 5.41) is 31.4. The fourth-order valence-electron chi connectivity index (χ4n) is 8.64. The van der Waals surface area contributed by atoms with Crippen molar-refractivity contribution in [3.63, 3.8) is 0 Å². The minimum atomic E-state index is -1.91. The van der Waals surface area contributed by atoms with E-state index in [-0.39, 0.29) is 25.9 Å². The Morgan fingerprint density at radius 3 is 1.30 bits per heavy atom. The summed E-state index contributed by atoms with van der Waals surface area (Å²) in [5.74, 6) is -3.18. The van der Waals surface area contributed by atoms with Gasteiger partial charge in [-0.3, -0.25) is 14.4 Å². The molecule has 0 radical (unpaired) electrons. The van der Waals surface area contributed by atoms with Crippen molar-refractivity contribution in [3.8, 4) is 0 Å². The number of carboxylic acid groups (broad SMARTS) is 1. The van der Waals surface area contributed by atoms with Crippen molar-refractivity contribution < 1.29 is 58.2 Å². The van der Waals surface area contributed by atoms with Crippen LogP contribution in [0.4, 0.5) is 0 Å². The number of aliphatic hydroxyl groups excluding tert-OH is 2. The summed E-state index contributed by atoms with van der Waals surface area (Å²) in [5.41, 5.74) is 0. The summed E-state index contributed by atoms with van der Waals surface area (Å²) < 4.78 is 28.3. The Bertz CT molecular complexity index is 1500. The smallest absolute Gasteiger partial charge is 0.335 e. The maximum atomic E-state index is 13.1. The number of esters is 3. The Labute approximate surface area is 443 Å². The lowest BCUT2D eigenvalue weighted by molar-refractivity contribution is -0.301. The topological polar surface area (TPSA) is 175 Å². The number of aliphatic carboxylic acids is 1. The molecule has 1 fully saturated rings. The average molecular weight is 1030 g/mol. The highest BCUT2D eigenvalue weighted by Crippen LogP contribution is 2.26. The van der Waals surface area contributed by atoms with Crippen LogP contribution in [0.15, 0.2) is 60.8 Å². The predicted molar refractivity (Wildman–Crippen MR) is 294 cm³/mol. The summed E-state index contributed by atoms with van der Waals surface area (Å²) >= 11 is 0. The van der Waals surface area contributed by atoms with Gasteiger partial charge in [0.15, 0.2) is 24.6 Å². The number of carbonyl (C=O) groups excluding carboxylic acids is 3. The highest BCUT2D eigenvalue weighted by molar-refractivity contribution is 5.74. The fourth-order valence-corrected chi connectivity index (χ4v) is 8.64. The van der Waals surface area contributed by atoms with E-state index in [2.05, 4.69) is 75.5 Å². The Hall–Kier alpha value is -3.58. The Morgan fingerprint density at radius 2 is 0.863 bits per heavy atom. The molecule has 6 atom stereocenters. The van der Waals surface area contributed by atoms with Crippen LogP contribution < -0.4 is 0 Å². The summed E-state index contributed by atoms with van der Waals surface area (Å²) in [6.07, 6.45) is 47.7. The second kappa shape index (κ2) is 49.3. The largest absolute Gasteiger partial charge is 0.479 e. The van der Waals surface area contributed by atoms with Crippen molar-refractivity contribution in [2.45, 2.75) is 289 Å². The van der Waals surface area contributed by atoms with Gasteiger partial charge in [0.05, 0.1) is 6.61 Å². The van der Waals surface area contributed by atoms with Gasteiger partial charge in [0, 0.05) is 19.3 Å². The SMILES string of the molecule is CC/C=C\C/C=C\C/C=C\C/C=C\C/C=C\CCCC(=O)OCC(COC1OC(C(=O)O)C(O)C(O)C1OC(=O)CCCCCCCCCCCCC)OC(=O)CCCCCCCCCCCCCCCCC.